The second kappa shape index (κ2) is 9.39. The van der Waals surface area contributed by atoms with Crippen molar-refractivity contribution in [3.63, 3.8) is 0 Å². The zero-order valence-electron chi connectivity index (χ0n) is 20.7. The molecular weight excluding hydrogens is 502 g/mol. The topological polar surface area (TPSA) is 91.9 Å². The number of esters is 1. The van der Waals surface area contributed by atoms with E-state index in [2.05, 4.69) is 0 Å². The molecule has 0 saturated carbocycles. The van der Waals surface area contributed by atoms with Crippen molar-refractivity contribution in [3.8, 4) is 5.69 Å². The molecule has 3 aromatic carbocycles. The van der Waals surface area contributed by atoms with Gasteiger partial charge in [0, 0.05) is 5.02 Å². The van der Waals surface area contributed by atoms with E-state index in [4.69, 9.17) is 31.3 Å². The zero-order chi connectivity index (χ0) is 26.4. The monoisotopic (exact) mass is 523 g/mol. The Kier molecular flexibility index (Phi) is 5.88. The standard InChI is InChI=1S/C29H22ClN5O3/c1-3-38-29(37)19-7-6-8-21(15-19)35-26-24(25-27(35)33-23-10-5-4-9-22(23)32-25)28(36)34(17(2)31-26)16-18-11-13-20(30)14-12-18/h4-15H,3,16H2,1-2H3. The van der Waals surface area contributed by atoms with Gasteiger partial charge in [-0.15, -0.1) is 0 Å². The molecule has 0 N–H and O–H groups in total. The van der Waals surface area contributed by atoms with Crippen molar-refractivity contribution in [2.24, 2.45) is 0 Å². The van der Waals surface area contributed by atoms with Gasteiger partial charge in [0.2, 0.25) is 0 Å². The van der Waals surface area contributed by atoms with Crippen LogP contribution in [0.2, 0.25) is 5.02 Å². The summed E-state index contributed by atoms with van der Waals surface area (Å²) in [6.07, 6.45) is 0. The van der Waals surface area contributed by atoms with Crippen molar-refractivity contribution in [2.75, 3.05) is 6.61 Å². The van der Waals surface area contributed by atoms with E-state index >= 15 is 0 Å². The Bertz CT molecular complexity index is 1930. The first-order chi connectivity index (χ1) is 18.4. The number of fused-ring (bicyclic) bond motifs is 4. The van der Waals surface area contributed by atoms with Crippen molar-refractivity contribution in [3.05, 3.63) is 105 Å². The minimum atomic E-state index is -0.430. The summed E-state index contributed by atoms with van der Waals surface area (Å²) >= 11 is 6.05. The van der Waals surface area contributed by atoms with Crippen molar-refractivity contribution >= 4 is 50.8 Å². The van der Waals surface area contributed by atoms with Crippen LogP contribution < -0.4 is 5.56 Å². The summed E-state index contributed by atoms with van der Waals surface area (Å²) in [5.41, 5.74) is 4.41. The molecule has 6 rings (SSSR count). The van der Waals surface area contributed by atoms with Gasteiger partial charge in [0.1, 0.15) is 16.7 Å². The molecule has 0 amide bonds. The number of rotatable bonds is 5. The molecule has 3 heterocycles. The highest BCUT2D eigenvalue weighted by Gasteiger charge is 2.23. The van der Waals surface area contributed by atoms with Crippen LogP contribution in [0.1, 0.15) is 28.7 Å². The minimum absolute atomic E-state index is 0.225. The maximum absolute atomic E-state index is 14.0. The summed E-state index contributed by atoms with van der Waals surface area (Å²) < 4.78 is 8.61. The summed E-state index contributed by atoms with van der Waals surface area (Å²) in [4.78, 5) is 41.1. The number of nitrogens with zero attached hydrogens (tertiary/aromatic N) is 5. The maximum Gasteiger partial charge on any atom is 0.338 e. The molecule has 0 bridgehead atoms. The maximum atomic E-state index is 14.0. The average Bonchev–Trinajstić information content (AvgIpc) is 3.23. The van der Waals surface area contributed by atoms with Crippen molar-refractivity contribution < 1.29 is 9.53 Å². The van der Waals surface area contributed by atoms with E-state index in [0.717, 1.165) is 5.56 Å². The van der Waals surface area contributed by atoms with Crippen LogP contribution >= 0.6 is 11.6 Å². The van der Waals surface area contributed by atoms with Crippen LogP contribution in [0.4, 0.5) is 0 Å². The van der Waals surface area contributed by atoms with Crippen LogP contribution in [-0.4, -0.2) is 36.7 Å². The van der Waals surface area contributed by atoms with Gasteiger partial charge in [0.25, 0.3) is 5.56 Å². The fourth-order valence-corrected chi connectivity index (χ4v) is 4.75. The lowest BCUT2D eigenvalue weighted by Crippen LogP contribution is -2.24. The molecule has 9 heteroatoms. The van der Waals surface area contributed by atoms with Crippen molar-refractivity contribution in [2.45, 2.75) is 20.4 Å². The molecule has 0 atom stereocenters. The third-order valence-electron chi connectivity index (χ3n) is 6.42. The molecule has 0 spiro atoms. The summed E-state index contributed by atoms with van der Waals surface area (Å²) in [6.45, 7) is 4.16. The Hall–Kier alpha value is -4.56. The number of hydrogen-bond acceptors (Lipinski definition) is 6. The SMILES string of the molecule is CCOC(=O)c1cccc(-n2c3nc4ccccc4nc3c3c(=O)n(Cc4ccc(Cl)cc4)c(C)nc32)c1. The number of carbonyl (C=O) groups excluding carboxylic acids is 1. The van der Waals surface area contributed by atoms with E-state index in [0.29, 0.717) is 61.9 Å². The quantitative estimate of drug-likeness (QED) is 0.278. The molecular formula is C29H22ClN5O3. The number of para-hydroxylation sites is 2. The van der Waals surface area contributed by atoms with Gasteiger partial charge in [-0.05, 0) is 61.9 Å². The van der Waals surface area contributed by atoms with Gasteiger partial charge < -0.3 is 4.74 Å². The zero-order valence-corrected chi connectivity index (χ0v) is 21.4. The number of ether oxygens (including phenoxy) is 1. The Morgan fingerprint density at radius 3 is 2.39 bits per heavy atom. The predicted octanol–water partition coefficient (Wildman–Crippen LogP) is 5.47. The predicted molar refractivity (Wildman–Crippen MR) is 147 cm³/mol. The molecule has 3 aromatic heterocycles. The molecule has 6 aromatic rings. The highest BCUT2D eigenvalue weighted by atomic mass is 35.5. The molecule has 8 nitrogen and oxygen atoms in total. The van der Waals surface area contributed by atoms with Crippen molar-refractivity contribution in [1.82, 2.24) is 24.1 Å². The summed E-state index contributed by atoms with van der Waals surface area (Å²) in [7, 11) is 0. The van der Waals surface area contributed by atoms with E-state index in [-0.39, 0.29) is 12.2 Å². The Morgan fingerprint density at radius 2 is 1.66 bits per heavy atom. The van der Waals surface area contributed by atoms with Gasteiger partial charge in [-0.1, -0.05) is 41.9 Å². The summed E-state index contributed by atoms with van der Waals surface area (Å²) in [6, 6.07) is 21.9. The van der Waals surface area contributed by atoms with Crippen LogP contribution in [0.15, 0.2) is 77.6 Å². The first-order valence-electron chi connectivity index (χ1n) is 12.1. The Balaban J connectivity index is 1.66. The van der Waals surface area contributed by atoms with Crippen LogP contribution in [0.25, 0.3) is 38.9 Å². The molecule has 188 valence electrons. The van der Waals surface area contributed by atoms with Crippen molar-refractivity contribution in [1.29, 1.82) is 0 Å². The number of halogens is 1. The molecule has 38 heavy (non-hydrogen) atoms. The second-order valence-corrected chi connectivity index (χ2v) is 9.30. The Labute approximate surface area is 222 Å². The molecule has 0 radical (unpaired) electrons. The van der Waals surface area contributed by atoms with Gasteiger partial charge in [0.15, 0.2) is 11.3 Å². The van der Waals surface area contributed by atoms with Crippen LogP contribution in [-0.2, 0) is 11.3 Å². The van der Waals surface area contributed by atoms with E-state index in [1.54, 1.807) is 53.3 Å². The van der Waals surface area contributed by atoms with Gasteiger partial charge in [0.05, 0.1) is 35.4 Å². The molecule has 0 unspecified atom stereocenters. The lowest BCUT2D eigenvalue weighted by atomic mass is 10.2. The fraction of sp³-hybridized carbons (Fsp3) is 0.138. The first kappa shape index (κ1) is 23.8. The average molecular weight is 524 g/mol. The smallest absolute Gasteiger partial charge is 0.338 e. The number of benzene rings is 3. The lowest BCUT2D eigenvalue weighted by Gasteiger charge is -2.12. The van der Waals surface area contributed by atoms with Gasteiger partial charge in [-0.25, -0.2) is 19.7 Å². The Morgan fingerprint density at radius 1 is 0.921 bits per heavy atom. The minimum Gasteiger partial charge on any atom is -0.462 e. The fourth-order valence-electron chi connectivity index (χ4n) is 4.62. The molecule has 0 aliphatic rings. The second-order valence-electron chi connectivity index (χ2n) is 8.87. The van der Waals surface area contributed by atoms with Gasteiger partial charge in [-0.2, -0.15) is 0 Å². The van der Waals surface area contributed by atoms with E-state index in [1.165, 1.54) is 0 Å². The number of aryl methyl sites for hydroxylation is 1. The summed E-state index contributed by atoms with van der Waals surface area (Å²) in [5, 5.41) is 0.987. The highest BCUT2D eigenvalue weighted by molar-refractivity contribution is 6.30. The van der Waals surface area contributed by atoms with E-state index in [9.17, 15) is 9.59 Å². The summed E-state index contributed by atoms with van der Waals surface area (Å²) in [5.74, 6) is 0.105. The largest absolute Gasteiger partial charge is 0.462 e. The highest BCUT2D eigenvalue weighted by Crippen LogP contribution is 2.29. The molecule has 0 aliphatic carbocycles. The number of aromatic nitrogens is 5. The lowest BCUT2D eigenvalue weighted by molar-refractivity contribution is 0.0526. The first-order valence-corrected chi connectivity index (χ1v) is 12.5. The normalized spacial score (nSPS) is 11.4. The number of carbonyl (C=O) groups is 1. The number of hydrogen-bond donors (Lipinski definition) is 0. The molecule has 0 saturated heterocycles. The molecule has 0 aliphatic heterocycles. The van der Waals surface area contributed by atoms with E-state index in [1.807, 2.05) is 42.5 Å². The third-order valence-corrected chi connectivity index (χ3v) is 6.67. The van der Waals surface area contributed by atoms with E-state index < -0.39 is 5.97 Å². The third kappa shape index (κ3) is 3.99. The van der Waals surface area contributed by atoms with Gasteiger partial charge >= 0.3 is 5.97 Å². The van der Waals surface area contributed by atoms with Crippen LogP contribution in [0.3, 0.4) is 0 Å². The molecule has 0 fully saturated rings. The van der Waals surface area contributed by atoms with Crippen LogP contribution in [0.5, 0.6) is 0 Å². The van der Waals surface area contributed by atoms with Gasteiger partial charge in [-0.3, -0.25) is 13.9 Å². The van der Waals surface area contributed by atoms with Crippen LogP contribution in [0, 0.1) is 6.92 Å².